The van der Waals surface area contributed by atoms with E-state index in [-0.39, 0.29) is 0 Å². The van der Waals surface area contributed by atoms with Gasteiger partial charge in [-0.15, -0.1) is 0 Å². The van der Waals surface area contributed by atoms with E-state index in [9.17, 15) is 0 Å². The van der Waals surface area contributed by atoms with Gasteiger partial charge >= 0.3 is 0 Å². The van der Waals surface area contributed by atoms with Crippen molar-refractivity contribution in [1.82, 2.24) is 4.90 Å². The van der Waals surface area contributed by atoms with Gasteiger partial charge in [0.25, 0.3) is 0 Å². The molecule has 0 aromatic heterocycles. The van der Waals surface area contributed by atoms with E-state index in [0.29, 0.717) is 11.5 Å². The van der Waals surface area contributed by atoms with Gasteiger partial charge in [-0.3, -0.25) is 4.90 Å². The van der Waals surface area contributed by atoms with Crippen LogP contribution in [0.15, 0.2) is 0 Å². The predicted octanol–water partition coefficient (Wildman–Crippen LogP) is 4.57. The van der Waals surface area contributed by atoms with Gasteiger partial charge in [0, 0.05) is 18.6 Å². The minimum Gasteiger partial charge on any atom is -0.329 e. The maximum atomic E-state index is 6.03. The quantitative estimate of drug-likeness (QED) is 0.627. The molecule has 1 unspecified atom stereocenters. The van der Waals surface area contributed by atoms with Gasteiger partial charge in [-0.1, -0.05) is 52.9 Å². The summed E-state index contributed by atoms with van der Waals surface area (Å²) < 4.78 is 0. The summed E-state index contributed by atoms with van der Waals surface area (Å²) in [7, 11) is 2.31. The SMILES string of the molecule is CCCCCCCC(CN)N(C)C1CCC(C)(C)CC1. The van der Waals surface area contributed by atoms with Gasteiger partial charge in [-0.2, -0.15) is 0 Å². The van der Waals surface area contributed by atoms with Crippen LogP contribution in [0.2, 0.25) is 0 Å². The molecule has 1 aliphatic rings. The largest absolute Gasteiger partial charge is 0.329 e. The van der Waals surface area contributed by atoms with Crippen LogP contribution in [0.25, 0.3) is 0 Å². The molecule has 0 amide bonds. The maximum absolute atomic E-state index is 6.03. The van der Waals surface area contributed by atoms with Crippen LogP contribution in [-0.4, -0.2) is 30.6 Å². The van der Waals surface area contributed by atoms with Crippen LogP contribution in [0.3, 0.4) is 0 Å². The molecular formula is C18H38N2. The third-order valence-electron chi connectivity index (χ3n) is 5.37. The van der Waals surface area contributed by atoms with Gasteiger partial charge in [-0.25, -0.2) is 0 Å². The highest BCUT2D eigenvalue weighted by atomic mass is 15.2. The molecule has 1 saturated carbocycles. The van der Waals surface area contributed by atoms with Gasteiger partial charge in [0.1, 0.15) is 0 Å². The molecule has 0 saturated heterocycles. The summed E-state index contributed by atoms with van der Waals surface area (Å²) in [6, 6.07) is 1.37. The van der Waals surface area contributed by atoms with Crippen LogP contribution in [0.1, 0.15) is 85.0 Å². The predicted molar refractivity (Wildman–Crippen MR) is 90.0 cm³/mol. The van der Waals surface area contributed by atoms with Crippen molar-refractivity contribution < 1.29 is 0 Å². The van der Waals surface area contributed by atoms with Crippen molar-refractivity contribution in [3.05, 3.63) is 0 Å². The molecule has 2 heteroatoms. The number of nitrogens with zero attached hydrogens (tertiary/aromatic N) is 1. The Morgan fingerprint density at radius 2 is 1.70 bits per heavy atom. The molecule has 2 nitrogen and oxygen atoms in total. The Kier molecular flexibility index (Phi) is 8.13. The zero-order valence-corrected chi connectivity index (χ0v) is 14.5. The van der Waals surface area contributed by atoms with Crippen molar-refractivity contribution >= 4 is 0 Å². The lowest BCUT2D eigenvalue weighted by Crippen LogP contribution is -2.46. The van der Waals surface area contributed by atoms with Crippen LogP contribution < -0.4 is 5.73 Å². The van der Waals surface area contributed by atoms with Crippen LogP contribution in [0.5, 0.6) is 0 Å². The van der Waals surface area contributed by atoms with Crippen molar-refractivity contribution in [2.75, 3.05) is 13.6 Å². The molecule has 0 aromatic rings. The van der Waals surface area contributed by atoms with E-state index in [0.717, 1.165) is 12.6 Å². The topological polar surface area (TPSA) is 29.3 Å². The fraction of sp³-hybridized carbons (Fsp3) is 1.00. The molecule has 0 spiro atoms. The lowest BCUT2D eigenvalue weighted by atomic mass is 9.75. The van der Waals surface area contributed by atoms with Crippen LogP contribution in [0, 0.1) is 5.41 Å². The highest BCUT2D eigenvalue weighted by molar-refractivity contribution is 4.85. The molecule has 0 aromatic carbocycles. The molecule has 0 radical (unpaired) electrons. The van der Waals surface area contributed by atoms with Crippen molar-refractivity contribution in [1.29, 1.82) is 0 Å². The van der Waals surface area contributed by atoms with E-state index in [2.05, 4.69) is 32.7 Å². The Morgan fingerprint density at radius 1 is 1.10 bits per heavy atom. The van der Waals surface area contributed by atoms with Crippen LogP contribution in [-0.2, 0) is 0 Å². The van der Waals surface area contributed by atoms with Crippen molar-refractivity contribution in [2.24, 2.45) is 11.1 Å². The summed E-state index contributed by atoms with van der Waals surface area (Å²) in [5.41, 5.74) is 6.60. The average molecular weight is 283 g/mol. The number of likely N-dealkylation sites (N-methyl/N-ethyl adjacent to an activating group) is 1. The summed E-state index contributed by atoms with van der Waals surface area (Å²) in [5, 5.41) is 0. The summed E-state index contributed by atoms with van der Waals surface area (Å²) in [5.74, 6) is 0. The fourth-order valence-electron chi connectivity index (χ4n) is 3.56. The van der Waals surface area contributed by atoms with Crippen molar-refractivity contribution in [3.63, 3.8) is 0 Å². The zero-order chi connectivity index (χ0) is 15.0. The van der Waals surface area contributed by atoms with Crippen molar-refractivity contribution in [3.8, 4) is 0 Å². The third kappa shape index (κ3) is 6.13. The van der Waals surface area contributed by atoms with E-state index in [1.165, 1.54) is 64.2 Å². The van der Waals surface area contributed by atoms with Gasteiger partial charge in [0.2, 0.25) is 0 Å². The molecule has 1 atom stereocenters. The van der Waals surface area contributed by atoms with E-state index < -0.39 is 0 Å². The number of hydrogen-bond acceptors (Lipinski definition) is 2. The van der Waals surface area contributed by atoms with Gasteiger partial charge in [0.05, 0.1) is 0 Å². The molecule has 1 fully saturated rings. The minimum absolute atomic E-state index is 0.565. The second kappa shape index (κ2) is 9.04. The summed E-state index contributed by atoms with van der Waals surface area (Å²) in [6.07, 6.45) is 13.6. The normalized spacial score (nSPS) is 21.3. The number of hydrogen-bond donors (Lipinski definition) is 1. The van der Waals surface area contributed by atoms with Crippen molar-refractivity contribution in [2.45, 2.75) is 97.1 Å². The Balaban J connectivity index is 2.29. The van der Waals surface area contributed by atoms with Gasteiger partial charge < -0.3 is 5.73 Å². The second-order valence-electron chi connectivity index (χ2n) is 7.65. The Bertz CT molecular complexity index is 240. The fourth-order valence-corrected chi connectivity index (χ4v) is 3.56. The number of rotatable bonds is 9. The van der Waals surface area contributed by atoms with Gasteiger partial charge in [0.15, 0.2) is 0 Å². The Hall–Kier alpha value is -0.0800. The lowest BCUT2D eigenvalue weighted by molar-refractivity contribution is 0.0922. The zero-order valence-electron chi connectivity index (χ0n) is 14.5. The highest BCUT2D eigenvalue weighted by Gasteiger charge is 2.30. The molecule has 0 aliphatic heterocycles. The third-order valence-corrected chi connectivity index (χ3v) is 5.37. The molecule has 1 aliphatic carbocycles. The Labute approximate surface area is 127 Å². The first-order valence-electron chi connectivity index (χ1n) is 8.92. The summed E-state index contributed by atoms with van der Waals surface area (Å²) >= 11 is 0. The highest BCUT2D eigenvalue weighted by Crippen LogP contribution is 2.37. The molecule has 120 valence electrons. The Morgan fingerprint density at radius 3 is 2.25 bits per heavy atom. The smallest absolute Gasteiger partial charge is 0.0218 e. The van der Waals surface area contributed by atoms with Crippen LogP contribution in [0.4, 0.5) is 0 Å². The van der Waals surface area contributed by atoms with E-state index in [4.69, 9.17) is 5.73 Å². The average Bonchev–Trinajstić information content (AvgIpc) is 2.42. The molecule has 1 rings (SSSR count). The first-order chi connectivity index (χ1) is 9.50. The number of nitrogens with two attached hydrogens (primary N) is 1. The van der Waals surface area contributed by atoms with Crippen LogP contribution >= 0.6 is 0 Å². The summed E-state index contributed by atoms with van der Waals surface area (Å²) in [4.78, 5) is 2.61. The second-order valence-corrected chi connectivity index (χ2v) is 7.65. The van der Waals surface area contributed by atoms with E-state index >= 15 is 0 Å². The first-order valence-corrected chi connectivity index (χ1v) is 8.92. The monoisotopic (exact) mass is 282 g/mol. The molecule has 20 heavy (non-hydrogen) atoms. The van der Waals surface area contributed by atoms with Gasteiger partial charge in [-0.05, 0) is 44.6 Å². The molecule has 2 N–H and O–H groups in total. The molecule has 0 bridgehead atoms. The summed E-state index contributed by atoms with van der Waals surface area (Å²) in [6.45, 7) is 7.93. The maximum Gasteiger partial charge on any atom is 0.0218 e. The molecule has 0 heterocycles. The van der Waals surface area contributed by atoms with E-state index in [1.807, 2.05) is 0 Å². The standard InChI is InChI=1S/C18H38N2/c1-5-6-7-8-9-10-17(15-19)20(4)16-11-13-18(2,3)14-12-16/h16-17H,5-15,19H2,1-4H3. The minimum atomic E-state index is 0.565. The number of unbranched alkanes of at least 4 members (excludes halogenated alkanes) is 4. The van der Waals surface area contributed by atoms with E-state index in [1.54, 1.807) is 0 Å². The molecular weight excluding hydrogens is 244 g/mol. The first kappa shape index (κ1) is 18.0. The lowest BCUT2D eigenvalue weighted by Gasteiger charge is -2.41.